The Morgan fingerprint density at radius 2 is 2.33 bits per heavy atom. The van der Waals surface area contributed by atoms with Crippen molar-refractivity contribution in [2.75, 3.05) is 5.73 Å². The average molecular weight is 206 g/mol. The van der Waals surface area contributed by atoms with Gasteiger partial charge in [0.05, 0.1) is 6.10 Å². The minimum atomic E-state index is -0.186. The summed E-state index contributed by atoms with van der Waals surface area (Å²) in [6.07, 6.45) is 4.20. The average Bonchev–Trinajstić information content (AvgIpc) is 2.46. The molecule has 0 spiro atoms. The number of aliphatic hydroxyl groups is 1. The molecule has 1 saturated carbocycles. The van der Waals surface area contributed by atoms with Gasteiger partial charge < -0.3 is 10.8 Å². The zero-order valence-corrected chi connectivity index (χ0v) is 9.33. The van der Waals surface area contributed by atoms with E-state index in [1.54, 1.807) is 6.20 Å². The maximum absolute atomic E-state index is 9.65. The van der Waals surface area contributed by atoms with Crippen LogP contribution < -0.4 is 5.73 Å². The minimum Gasteiger partial charge on any atom is -0.393 e. The number of nitrogen functional groups attached to an aromatic ring is 1. The van der Waals surface area contributed by atoms with Gasteiger partial charge in [0.15, 0.2) is 0 Å². The molecule has 0 aliphatic heterocycles. The van der Waals surface area contributed by atoms with Crippen molar-refractivity contribution in [2.24, 2.45) is 0 Å². The van der Waals surface area contributed by atoms with Crippen molar-refractivity contribution in [3.8, 4) is 0 Å². The first-order valence-electron chi connectivity index (χ1n) is 5.42. The summed E-state index contributed by atoms with van der Waals surface area (Å²) in [5.74, 6) is 0.617. The number of pyridine rings is 1. The number of aromatic nitrogens is 1. The SMILES string of the molecule is Cc1ccnc(N)c1C1(C)CCC(O)C1. The number of aryl methyl sites for hydroxylation is 1. The van der Waals surface area contributed by atoms with E-state index in [1.165, 1.54) is 5.56 Å². The van der Waals surface area contributed by atoms with Crippen molar-refractivity contribution in [2.45, 2.75) is 44.6 Å². The van der Waals surface area contributed by atoms with Crippen LogP contribution in [0.15, 0.2) is 12.3 Å². The summed E-state index contributed by atoms with van der Waals surface area (Å²) in [6.45, 7) is 4.23. The first-order valence-corrected chi connectivity index (χ1v) is 5.42. The van der Waals surface area contributed by atoms with Crippen LogP contribution in [0.5, 0.6) is 0 Å². The molecule has 1 aliphatic carbocycles. The molecule has 2 atom stereocenters. The van der Waals surface area contributed by atoms with Crippen LogP contribution in [0, 0.1) is 6.92 Å². The first kappa shape index (κ1) is 10.4. The lowest BCUT2D eigenvalue weighted by Crippen LogP contribution is -2.22. The summed E-state index contributed by atoms with van der Waals surface area (Å²) in [5, 5.41) is 9.65. The van der Waals surface area contributed by atoms with Crippen molar-refractivity contribution >= 4 is 5.82 Å². The topological polar surface area (TPSA) is 59.1 Å². The Balaban J connectivity index is 2.45. The summed E-state index contributed by atoms with van der Waals surface area (Å²) in [7, 11) is 0. The smallest absolute Gasteiger partial charge is 0.127 e. The standard InChI is InChI=1S/C12H18N2O/c1-8-4-6-14-11(13)10(8)12(2)5-3-9(15)7-12/h4,6,9,15H,3,5,7H2,1-2H3,(H2,13,14). The van der Waals surface area contributed by atoms with E-state index in [-0.39, 0.29) is 11.5 Å². The molecule has 1 aromatic rings. The van der Waals surface area contributed by atoms with Crippen LogP contribution in [0.2, 0.25) is 0 Å². The number of nitrogens with two attached hydrogens (primary N) is 1. The van der Waals surface area contributed by atoms with Crippen LogP contribution in [0.4, 0.5) is 5.82 Å². The predicted molar refractivity (Wildman–Crippen MR) is 60.6 cm³/mol. The van der Waals surface area contributed by atoms with Gasteiger partial charge in [-0.1, -0.05) is 6.92 Å². The van der Waals surface area contributed by atoms with Gasteiger partial charge in [-0.2, -0.15) is 0 Å². The van der Waals surface area contributed by atoms with E-state index in [0.717, 1.165) is 24.8 Å². The van der Waals surface area contributed by atoms with Gasteiger partial charge in [0.2, 0.25) is 0 Å². The second-order valence-corrected chi connectivity index (χ2v) is 4.85. The molecule has 0 amide bonds. The van der Waals surface area contributed by atoms with E-state index in [0.29, 0.717) is 5.82 Å². The highest BCUT2D eigenvalue weighted by Crippen LogP contribution is 2.43. The number of anilines is 1. The third-order valence-electron chi connectivity index (χ3n) is 3.51. The lowest BCUT2D eigenvalue weighted by Gasteiger charge is -2.27. The molecule has 1 fully saturated rings. The summed E-state index contributed by atoms with van der Waals surface area (Å²) < 4.78 is 0. The highest BCUT2D eigenvalue weighted by Gasteiger charge is 2.38. The fraction of sp³-hybridized carbons (Fsp3) is 0.583. The van der Waals surface area contributed by atoms with Gasteiger partial charge in [0.25, 0.3) is 0 Å². The third-order valence-corrected chi connectivity index (χ3v) is 3.51. The monoisotopic (exact) mass is 206 g/mol. The zero-order chi connectivity index (χ0) is 11.1. The summed E-state index contributed by atoms with van der Waals surface area (Å²) in [4.78, 5) is 4.15. The van der Waals surface area contributed by atoms with E-state index in [1.807, 2.05) is 6.07 Å². The largest absolute Gasteiger partial charge is 0.393 e. The Morgan fingerprint density at radius 1 is 1.60 bits per heavy atom. The van der Waals surface area contributed by atoms with E-state index in [2.05, 4.69) is 18.8 Å². The molecule has 1 heterocycles. The van der Waals surface area contributed by atoms with Crippen LogP contribution in [0.1, 0.15) is 37.3 Å². The van der Waals surface area contributed by atoms with Gasteiger partial charge in [-0.05, 0) is 43.2 Å². The molecule has 15 heavy (non-hydrogen) atoms. The van der Waals surface area contributed by atoms with Gasteiger partial charge in [0, 0.05) is 11.8 Å². The molecule has 0 radical (unpaired) electrons. The summed E-state index contributed by atoms with van der Waals surface area (Å²) in [6, 6.07) is 1.99. The van der Waals surface area contributed by atoms with Crippen molar-refractivity contribution in [3.05, 3.63) is 23.4 Å². The highest BCUT2D eigenvalue weighted by atomic mass is 16.3. The Labute approximate surface area is 90.3 Å². The van der Waals surface area contributed by atoms with Gasteiger partial charge in [-0.15, -0.1) is 0 Å². The fourth-order valence-corrected chi connectivity index (χ4v) is 2.80. The van der Waals surface area contributed by atoms with Crippen LogP contribution in [-0.2, 0) is 5.41 Å². The highest BCUT2D eigenvalue weighted by molar-refractivity contribution is 5.49. The van der Waals surface area contributed by atoms with Gasteiger partial charge in [0.1, 0.15) is 5.82 Å². The van der Waals surface area contributed by atoms with Gasteiger partial charge >= 0.3 is 0 Å². The first-order chi connectivity index (χ1) is 7.03. The molecule has 3 heteroatoms. The molecule has 0 saturated heterocycles. The second-order valence-electron chi connectivity index (χ2n) is 4.85. The number of aliphatic hydroxyl groups excluding tert-OH is 1. The lowest BCUT2D eigenvalue weighted by molar-refractivity contribution is 0.175. The van der Waals surface area contributed by atoms with E-state index >= 15 is 0 Å². The number of rotatable bonds is 1. The Kier molecular flexibility index (Phi) is 2.43. The molecule has 2 unspecified atom stereocenters. The number of hydrogen-bond acceptors (Lipinski definition) is 3. The Bertz CT molecular complexity index is 358. The fourth-order valence-electron chi connectivity index (χ4n) is 2.80. The van der Waals surface area contributed by atoms with Crippen LogP contribution in [-0.4, -0.2) is 16.2 Å². The summed E-state index contributed by atoms with van der Waals surface area (Å²) in [5.41, 5.74) is 8.25. The predicted octanol–water partition coefficient (Wildman–Crippen LogP) is 1.77. The molecular weight excluding hydrogens is 188 g/mol. The van der Waals surface area contributed by atoms with Crippen molar-refractivity contribution in [3.63, 3.8) is 0 Å². The molecule has 1 aromatic heterocycles. The molecule has 1 aliphatic rings. The van der Waals surface area contributed by atoms with Crippen molar-refractivity contribution in [1.82, 2.24) is 4.98 Å². The van der Waals surface area contributed by atoms with Crippen molar-refractivity contribution in [1.29, 1.82) is 0 Å². The van der Waals surface area contributed by atoms with E-state index in [4.69, 9.17) is 5.73 Å². The number of hydrogen-bond donors (Lipinski definition) is 2. The second kappa shape index (κ2) is 3.49. The Morgan fingerprint density at radius 3 is 2.87 bits per heavy atom. The van der Waals surface area contributed by atoms with E-state index in [9.17, 15) is 5.11 Å². The molecule has 3 nitrogen and oxygen atoms in total. The quantitative estimate of drug-likeness (QED) is 0.736. The molecule has 2 rings (SSSR count). The van der Waals surface area contributed by atoms with Crippen LogP contribution >= 0.6 is 0 Å². The van der Waals surface area contributed by atoms with Gasteiger partial charge in [-0.25, -0.2) is 4.98 Å². The Hall–Kier alpha value is -1.09. The molecule has 82 valence electrons. The molecule has 0 bridgehead atoms. The van der Waals surface area contributed by atoms with Crippen molar-refractivity contribution < 1.29 is 5.11 Å². The lowest BCUT2D eigenvalue weighted by atomic mass is 9.79. The number of nitrogens with zero attached hydrogens (tertiary/aromatic N) is 1. The maximum Gasteiger partial charge on any atom is 0.127 e. The van der Waals surface area contributed by atoms with Crippen LogP contribution in [0.25, 0.3) is 0 Å². The molecule has 0 aromatic carbocycles. The summed E-state index contributed by atoms with van der Waals surface area (Å²) >= 11 is 0. The normalized spacial score (nSPS) is 30.7. The van der Waals surface area contributed by atoms with Crippen LogP contribution in [0.3, 0.4) is 0 Å². The third kappa shape index (κ3) is 1.72. The molecule has 3 N–H and O–H groups in total. The minimum absolute atomic E-state index is 0.00183. The maximum atomic E-state index is 9.65. The molecular formula is C12H18N2O. The zero-order valence-electron chi connectivity index (χ0n) is 9.33. The van der Waals surface area contributed by atoms with E-state index < -0.39 is 0 Å². The van der Waals surface area contributed by atoms with Gasteiger partial charge in [-0.3, -0.25) is 0 Å².